The molecule has 10 heteroatoms. The van der Waals surface area contributed by atoms with Crippen LogP contribution in [0.3, 0.4) is 0 Å². The van der Waals surface area contributed by atoms with Crippen molar-refractivity contribution in [2.24, 2.45) is 0 Å². The van der Waals surface area contributed by atoms with Gasteiger partial charge in [-0.15, -0.1) is 0 Å². The highest BCUT2D eigenvalue weighted by Gasteiger charge is 2.43. The molecule has 0 unspecified atom stereocenters. The molecule has 0 aliphatic carbocycles. The fraction of sp³-hybridized carbons (Fsp3) is 0.360. The maximum absolute atomic E-state index is 13.2. The third kappa shape index (κ3) is 5.12. The normalized spacial score (nSPS) is 19.3. The van der Waals surface area contributed by atoms with Crippen molar-refractivity contribution in [3.8, 4) is 0 Å². The van der Waals surface area contributed by atoms with Gasteiger partial charge >= 0.3 is 5.97 Å². The van der Waals surface area contributed by atoms with Crippen LogP contribution in [-0.2, 0) is 30.6 Å². The molecule has 0 saturated carbocycles. The lowest BCUT2D eigenvalue weighted by Gasteiger charge is -2.28. The van der Waals surface area contributed by atoms with E-state index in [-0.39, 0.29) is 35.6 Å². The first kappa shape index (κ1) is 24.6. The summed E-state index contributed by atoms with van der Waals surface area (Å²) < 4.78 is 29.0. The molecule has 0 aromatic heterocycles. The highest BCUT2D eigenvalue weighted by molar-refractivity contribution is 7.91. The van der Waals surface area contributed by atoms with Crippen LogP contribution in [0.25, 0.3) is 0 Å². The number of hydrogen-bond donors (Lipinski definition) is 0. The van der Waals surface area contributed by atoms with E-state index >= 15 is 0 Å². The topological polar surface area (TPSA) is 118 Å². The standard InChI is InChI=1S/C25H26N2O7S/c1-2-26(18-12-13-35(32,33)16-18)22(28)15-34-25(31)21(14-17-8-4-3-5-9-17)27-23(29)19-10-6-7-11-20(19)24(27)30/h3-11,18,21H,2,12-16H2,1H3/t18-,21-/m0/s1. The van der Waals surface area contributed by atoms with E-state index in [9.17, 15) is 27.6 Å². The molecule has 2 heterocycles. The van der Waals surface area contributed by atoms with Crippen LogP contribution < -0.4 is 0 Å². The number of benzene rings is 2. The molecule has 1 saturated heterocycles. The Morgan fingerprint density at radius 2 is 1.63 bits per heavy atom. The Morgan fingerprint density at radius 1 is 1.03 bits per heavy atom. The quantitative estimate of drug-likeness (QED) is 0.400. The van der Waals surface area contributed by atoms with Crippen LogP contribution in [-0.4, -0.2) is 78.6 Å². The first-order valence-corrected chi connectivity index (χ1v) is 13.2. The summed E-state index contributed by atoms with van der Waals surface area (Å²) >= 11 is 0. The van der Waals surface area contributed by atoms with Crippen molar-refractivity contribution in [1.82, 2.24) is 9.80 Å². The predicted molar refractivity (Wildman–Crippen MR) is 126 cm³/mol. The fourth-order valence-electron chi connectivity index (χ4n) is 4.58. The van der Waals surface area contributed by atoms with Crippen LogP contribution in [0.4, 0.5) is 0 Å². The molecule has 2 aliphatic heterocycles. The monoisotopic (exact) mass is 498 g/mol. The van der Waals surface area contributed by atoms with Gasteiger partial charge in [-0.25, -0.2) is 13.2 Å². The van der Waals surface area contributed by atoms with Gasteiger partial charge in [0.15, 0.2) is 16.4 Å². The molecule has 2 aromatic carbocycles. The molecule has 184 valence electrons. The number of amides is 3. The van der Waals surface area contributed by atoms with Gasteiger partial charge in [0.2, 0.25) is 0 Å². The number of imide groups is 1. The van der Waals surface area contributed by atoms with E-state index in [4.69, 9.17) is 4.74 Å². The van der Waals surface area contributed by atoms with Gasteiger partial charge in [0.05, 0.1) is 22.6 Å². The maximum Gasteiger partial charge on any atom is 0.330 e. The number of ether oxygens (including phenoxy) is 1. The first-order valence-electron chi connectivity index (χ1n) is 11.4. The number of fused-ring (bicyclic) bond motifs is 1. The third-order valence-corrected chi connectivity index (χ3v) is 8.08. The Balaban J connectivity index is 1.52. The van der Waals surface area contributed by atoms with Crippen molar-refractivity contribution in [2.45, 2.75) is 31.8 Å². The minimum Gasteiger partial charge on any atom is -0.454 e. The largest absolute Gasteiger partial charge is 0.454 e. The molecular weight excluding hydrogens is 472 g/mol. The van der Waals surface area contributed by atoms with Gasteiger partial charge < -0.3 is 9.64 Å². The summed E-state index contributed by atoms with van der Waals surface area (Å²) in [4.78, 5) is 54.3. The predicted octanol–water partition coefficient (Wildman–Crippen LogP) is 1.47. The van der Waals surface area contributed by atoms with Crippen LogP contribution in [0.1, 0.15) is 39.6 Å². The Hall–Kier alpha value is -3.53. The molecule has 0 spiro atoms. The van der Waals surface area contributed by atoms with Crippen LogP contribution >= 0.6 is 0 Å². The van der Waals surface area contributed by atoms with Crippen molar-refractivity contribution in [1.29, 1.82) is 0 Å². The molecule has 1 fully saturated rings. The average molecular weight is 499 g/mol. The number of likely N-dealkylation sites (N-methyl/N-ethyl adjacent to an activating group) is 1. The molecule has 2 atom stereocenters. The first-order chi connectivity index (χ1) is 16.7. The van der Waals surface area contributed by atoms with Gasteiger partial charge in [-0.05, 0) is 31.0 Å². The Bertz CT molecular complexity index is 1220. The van der Waals surface area contributed by atoms with Crippen molar-refractivity contribution >= 4 is 33.5 Å². The van der Waals surface area contributed by atoms with E-state index < -0.39 is 52.2 Å². The van der Waals surface area contributed by atoms with Crippen molar-refractivity contribution < 1.29 is 32.3 Å². The van der Waals surface area contributed by atoms with Crippen molar-refractivity contribution in [2.75, 3.05) is 24.7 Å². The van der Waals surface area contributed by atoms with Gasteiger partial charge in [0, 0.05) is 19.0 Å². The molecule has 35 heavy (non-hydrogen) atoms. The number of carbonyl (C=O) groups is 4. The Morgan fingerprint density at radius 3 is 2.17 bits per heavy atom. The van der Waals surface area contributed by atoms with Crippen molar-refractivity contribution in [3.05, 3.63) is 71.3 Å². The molecule has 2 aliphatic rings. The summed E-state index contributed by atoms with van der Waals surface area (Å²) in [5.74, 6) is -2.70. The Kier molecular flexibility index (Phi) is 7.02. The van der Waals surface area contributed by atoms with Crippen LogP contribution in [0, 0.1) is 0 Å². The van der Waals surface area contributed by atoms with Gasteiger partial charge in [0.25, 0.3) is 17.7 Å². The minimum atomic E-state index is -3.20. The van der Waals surface area contributed by atoms with Crippen LogP contribution in [0.2, 0.25) is 0 Å². The molecular formula is C25H26N2O7S. The van der Waals surface area contributed by atoms with Crippen molar-refractivity contribution in [3.63, 3.8) is 0 Å². The average Bonchev–Trinajstić information content (AvgIpc) is 3.33. The van der Waals surface area contributed by atoms with E-state index in [0.717, 1.165) is 4.90 Å². The molecule has 0 radical (unpaired) electrons. The van der Waals surface area contributed by atoms with Gasteiger partial charge in [0.1, 0.15) is 6.04 Å². The summed E-state index contributed by atoms with van der Waals surface area (Å²) in [5.41, 5.74) is 1.13. The lowest BCUT2D eigenvalue weighted by molar-refractivity contribution is -0.155. The number of nitrogens with zero attached hydrogens (tertiary/aromatic N) is 2. The summed E-state index contributed by atoms with van der Waals surface area (Å²) in [7, 11) is -3.20. The Labute approximate surface area is 203 Å². The number of sulfone groups is 1. The SMILES string of the molecule is CCN(C(=O)COC(=O)[C@H](Cc1ccccc1)N1C(=O)c2ccccc2C1=O)[C@H]1CCS(=O)(=O)C1. The van der Waals surface area contributed by atoms with Gasteiger partial charge in [-0.2, -0.15) is 0 Å². The molecule has 9 nitrogen and oxygen atoms in total. The number of carbonyl (C=O) groups excluding carboxylic acids is 4. The fourth-order valence-corrected chi connectivity index (χ4v) is 6.31. The summed E-state index contributed by atoms with van der Waals surface area (Å²) in [6, 6.07) is 13.5. The smallest absolute Gasteiger partial charge is 0.330 e. The van der Waals surface area contributed by atoms with Gasteiger partial charge in [-0.1, -0.05) is 42.5 Å². The van der Waals surface area contributed by atoms with E-state index in [1.54, 1.807) is 49.4 Å². The van der Waals surface area contributed by atoms with Crippen LogP contribution in [0.5, 0.6) is 0 Å². The lowest BCUT2D eigenvalue weighted by atomic mass is 10.0. The zero-order valence-corrected chi connectivity index (χ0v) is 20.1. The minimum absolute atomic E-state index is 0.0140. The summed E-state index contributed by atoms with van der Waals surface area (Å²) in [6.07, 6.45) is 0.360. The van der Waals surface area contributed by atoms with E-state index in [2.05, 4.69) is 0 Å². The highest BCUT2D eigenvalue weighted by Crippen LogP contribution is 2.26. The lowest BCUT2D eigenvalue weighted by Crippen LogP contribution is -2.48. The summed E-state index contributed by atoms with van der Waals surface area (Å²) in [6.45, 7) is 1.38. The molecule has 0 bridgehead atoms. The van der Waals surface area contributed by atoms with E-state index in [1.165, 1.54) is 17.0 Å². The third-order valence-electron chi connectivity index (χ3n) is 6.33. The molecule has 4 rings (SSSR count). The number of hydrogen-bond acceptors (Lipinski definition) is 7. The zero-order valence-electron chi connectivity index (χ0n) is 19.3. The molecule has 0 N–H and O–H groups in total. The second kappa shape index (κ2) is 9.99. The second-order valence-corrected chi connectivity index (χ2v) is 10.8. The van der Waals surface area contributed by atoms with Crippen LogP contribution in [0.15, 0.2) is 54.6 Å². The highest BCUT2D eigenvalue weighted by atomic mass is 32.2. The second-order valence-electron chi connectivity index (χ2n) is 8.58. The van der Waals surface area contributed by atoms with E-state index in [0.29, 0.717) is 12.0 Å². The molecule has 3 amide bonds. The maximum atomic E-state index is 13.2. The zero-order chi connectivity index (χ0) is 25.2. The van der Waals surface area contributed by atoms with Gasteiger partial charge in [-0.3, -0.25) is 19.3 Å². The number of esters is 1. The molecule has 2 aromatic rings. The number of rotatable bonds is 8. The summed E-state index contributed by atoms with van der Waals surface area (Å²) in [5, 5.41) is 0. The van der Waals surface area contributed by atoms with E-state index in [1.807, 2.05) is 0 Å².